The van der Waals surface area contributed by atoms with Gasteiger partial charge in [-0.05, 0) is 30.3 Å². The first-order valence-electron chi connectivity index (χ1n) is 12.7. The topological polar surface area (TPSA) is 231 Å². The number of pyridine rings is 1. The SMILES string of the molecule is COc1cc(OC)nc(NC(=O)NS(=O)(=O)c2ncccc2C(=O)N(C)C)n1.Nc1c([N+](=O)[O-])ccc(Oc2ccccc2)c1Cl. The Morgan fingerprint density at radius 3 is 2.20 bits per heavy atom. The van der Waals surface area contributed by atoms with Crippen molar-refractivity contribution < 1.29 is 37.1 Å². The molecule has 0 aliphatic heterocycles. The number of anilines is 2. The van der Waals surface area contributed by atoms with Crippen molar-refractivity contribution in [3.8, 4) is 23.3 Å². The van der Waals surface area contributed by atoms with Gasteiger partial charge in [0.15, 0.2) is 5.03 Å². The number of carbonyl (C=O) groups excluding carboxylic acids is 2. The van der Waals surface area contributed by atoms with Crippen molar-refractivity contribution in [1.29, 1.82) is 0 Å². The van der Waals surface area contributed by atoms with Crippen LogP contribution in [0, 0.1) is 10.1 Å². The summed E-state index contributed by atoms with van der Waals surface area (Å²) in [7, 11) is 1.15. The quantitative estimate of drug-likeness (QED) is 0.131. The van der Waals surface area contributed by atoms with E-state index in [0.717, 1.165) is 0 Å². The highest BCUT2D eigenvalue weighted by atomic mass is 35.5. The maximum Gasteiger partial charge on any atom is 0.335 e. The summed E-state index contributed by atoms with van der Waals surface area (Å²) in [4.78, 5) is 47.0. The number of nitrogens with one attached hydrogen (secondary N) is 2. The van der Waals surface area contributed by atoms with Gasteiger partial charge in [0.05, 0.1) is 30.8 Å². The summed E-state index contributed by atoms with van der Waals surface area (Å²) in [6, 6.07) is 14.5. The number of nitrogen functional groups attached to an aromatic ring is 1. The average Bonchev–Trinajstić information content (AvgIpc) is 3.03. The van der Waals surface area contributed by atoms with Gasteiger partial charge in [0.25, 0.3) is 21.6 Å². The van der Waals surface area contributed by atoms with Crippen LogP contribution in [0.4, 0.5) is 22.1 Å². The zero-order valence-electron chi connectivity index (χ0n) is 24.6. The van der Waals surface area contributed by atoms with Gasteiger partial charge in [0, 0.05) is 26.4 Å². The first-order chi connectivity index (χ1) is 21.8. The molecule has 242 valence electrons. The molecule has 0 saturated carbocycles. The summed E-state index contributed by atoms with van der Waals surface area (Å²) in [6.07, 6.45) is 1.19. The van der Waals surface area contributed by atoms with Crippen molar-refractivity contribution in [3.05, 3.63) is 87.6 Å². The molecule has 0 aliphatic carbocycles. The van der Waals surface area contributed by atoms with Gasteiger partial charge in [-0.15, -0.1) is 0 Å². The lowest BCUT2D eigenvalue weighted by atomic mass is 10.2. The van der Waals surface area contributed by atoms with E-state index in [2.05, 4.69) is 20.3 Å². The normalized spacial score (nSPS) is 10.5. The Labute approximate surface area is 267 Å². The Morgan fingerprint density at radius 2 is 1.63 bits per heavy atom. The molecule has 17 nitrogen and oxygen atoms in total. The fourth-order valence-corrected chi connectivity index (χ4v) is 4.63. The minimum absolute atomic E-state index is 0.0352. The van der Waals surface area contributed by atoms with Gasteiger partial charge < -0.3 is 24.8 Å². The summed E-state index contributed by atoms with van der Waals surface area (Å²) in [5.41, 5.74) is 5.06. The molecule has 0 saturated heterocycles. The third-order valence-electron chi connectivity index (χ3n) is 5.50. The van der Waals surface area contributed by atoms with E-state index in [9.17, 15) is 28.1 Å². The van der Waals surface area contributed by atoms with Crippen LogP contribution < -0.4 is 30.0 Å². The van der Waals surface area contributed by atoms with E-state index in [1.165, 1.54) is 69.7 Å². The van der Waals surface area contributed by atoms with Crippen LogP contribution in [-0.2, 0) is 10.0 Å². The van der Waals surface area contributed by atoms with Crippen molar-refractivity contribution in [1.82, 2.24) is 24.6 Å². The lowest BCUT2D eigenvalue weighted by Crippen LogP contribution is -2.36. The molecule has 4 aromatic rings. The first kappa shape index (κ1) is 34.7. The van der Waals surface area contributed by atoms with E-state index in [1.807, 2.05) is 6.07 Å². The number of ether oxygens (including phenoxy) is 3. The fraction of sp³-hybridized carbons (Fsp3) is 0.148. The number of nitrogens with two attached hydrogens (primary N) is 1. The van der Waals surface area contributed by atoms with Crippen LogP contribution >= 0.6 is 11.6 Å². The molecule has 0 unspecified atom stereocenters. The van der Waals surface area contributed by atoms with Crippen molar-refractivity contribution >= 4 is 50.9 Å². The number of halogens is 1. The smallest absolute Gasteiger partial charge is 0.335 e. The van der Waals surface area contributed by atoms with E-state index in [4.69, 9.17) is 31.5 Å². The number of hydrogen-bond acceptors (Lipinski definition) is 13. The number of benzene rings is 2. The first-order valence-corrected chi connectivity index (χ1v) is 14.6. The van der Waals surface area contributed by atoms with E-state index in [-0.39, 0.29) is 45.4 Å². The van der Waals surface area contributed by atoms with Crippen molar-refractivity contribution in [2.75, 3.05) is 39.4 Å². The Hall–Kier alpha value is -5.75. The second kappa shape index (κ2) is 15.3. The largest absolute Gasteiger partial charge is 0.481 e. The number of nitro benzene ring substituents is 1. The number of nitrogens with zero attached hydrogens (tertiary/aromatic N) is 5. The highest BCUT2D eigenvalue weighted by molar-refractivity contribution is 7.90. The van der Waals surface area contributed by atoms with Gasteiger partial charge in [-0.1, -0.05) is 29.8 Å². The van der Waals surface area contributed by atoms with Crippen LogP contribution in [0.1, 0.15) is 10.4 Å². The van der Waals surface area contributed by atoms with Gasteiger partial charge in [0.1, 0.15) is 22.2 Å². The Morgan fingerprint density at radius 1 is 1.00 bits per heavy atom. The summed E-state index contributed by atoms with van der Waals surface area (Å²) < 4.78 is 42.2. The molecule has 19 heteroatoms. The minimum Gasteiger partial charge on any atom is -0.481 e. The molecule has 4 rings (SSSR count). The van der Waals surface area contributed by atoms with Crippen LogP contribution in [0.5, 0.6) is 23.3 Å². The Kier molecular flexibility index (Phi) is 11.6. The van der Waals surface area contributed by atoms with E-state index < -0.39 is 31.9 Å². The molecule has 0 atom stereocenters. The van der Waals surface area contributed by atoms with Crippen LogP contribution in [0.2, 0.25) is 5.02 Å². The molecule has 4 N–H and O–H groups in total. The predicted molar refractivity (Wildman–Crippen MR) is 166 cm³/mol. The van der Waals surface area contributed by atoms with Crippen LogP contribution in [-0.4, -0.2) is 73.4 Å². The molecule has 0 spiro atoms. The summed E-state index contributed by atoms with van der Waals surface area (Å²) in [5, 5.41) is 12.3. The molecule has 0 radical (unpaired) electrons. The van der Waals surface area contributed by atoms with Gasteiger partial charge in [-0.2, -0.15) is 18.4 Å². The summed E-state index contributed by atoms with van der Waals surface area (Å²) in [6.45, 7) is 0. The maximum atomic E-state index is 12.5. The zero-order chi connectivity index (χ0) is 34.0. The number of aromatic nitrogens is 3. The van der Waals surface area contributed by atoms with Gasteiger partial charge >= 0.3 is 6.03 Å². The van der Waals surface area contributed by atoms with Gasteiger partial charge in [-0.25, -0.2) is 14.5 Å². The maximum absolute atomic E-state index is 12.5. The molecule has 46 heavy (non-hydrogen) atoms. The van der Waals surface area contributed by atoms with Crippen LogP contribution in [0.15, 0.2) is 71.9 Å². The molecular formula is C27H27ClN8O9S. The summed E-state index contributed by atoms with van der Waals surface area (Å²) in [5.74, 6) is 0.199. The number of rotatable bonds is 9. The molecule has 2 aromatic carbocycles. The van der Waals surface area contributed by atoms with E-state index in [0.29, 0.717) is 5.75 Å². The van der Waals surface area contributed by atoms with Crippen LogP contribution in [0.25, 0.3) is 0 Å². The highest BCUT2D eigenvalue weighted by Gasteiger charge is 2.27. The van der Waals surface area contributed by atoms with Crippen LogP contribution in [0.3, 0.4) is 0 Å². The lowest BCUT2D eigenvalue weighted by Gasteiger charge is -2.14. The zero-order valence-corrected chi connectivity index (χ0v) is 26.2. The van der Waals surface area contributed by atoms with Gasteiger partial charge in [-0.3, -0.25) is 20.2 Å². The molecule has 0 bridgehead atoms. The molecule has 2 aromatic heterocycles. The lowest BCUT2D eigenvalue weighted by molar-refractivity contribution is -0.383. The standard InChI is InChI=1S/C15H18N6O6S.C12H9ClN2O3/c1-21(2)13(22)9-6-5-7-16-12(9)28(24,25)20-15(23)19-14-17-10(26-3)8-11(18-14)27-4;13-11-10(18-8-4-2-1-3-5-8)7-6-9(12(11)14)15(16)17/h5-8H,1-4H3,(H2,17,18,19,20,23);1-7H,14H2. The van der Waals surface area contributed by atoms with Crippen molar-refractivity contribution in [2.45, 2.75) is 5.03 Å². The Balaban J connectivity index is 0.000000275. The molecule has 2 heterocycles. The van der Waals surface area contributed by atoms with E-state index >= 15 is 0 Å². The number of hydrogen-bond donors (Lipinski definition) is 3. The monoisotopic (exact) mass is 674 g/mol. The molecule has 0 aliphatic rings. The molecular weight excluding hydrogens is 648 g/mol. The van der Waals surface area contributed by atoms with Gasteiger partial charge in [0.2, 0.25) is 17.7 Å². The van der Waals surface area contributed by atoms with Crippen molar-refractivity contribution in [2.24, 2.45) is 0 Å². The number of nitro groups is 1. The third-order valence-corrected chi connectivity index (χ3v) is 7.18. The third kappa shape index (κ3) is 8.89. The predicted octanol–water partition coefficient (Wildman–Crippen LogP) is 3.72. The average molecular weight is 675 g/mol. The second-order valence-corrected chi connectivity index (χ2v) is 10.8. The highest BCUT2D eigenvalue weighted by Crippen LogP contribution is 2.38. The minimum atomic E-state index is -4.46. The number of carbonyl (C=O) groups is 2. The number of urea groups is 1. The second-order valence-electron chi connectivity index (χ2n) is 8.87. The number of amides is 3. The Bertz CT molecular complexity index is 1820. The fourth-order valence-electron chi connectivity index (χ4n) is 3.39. The summed E-state index contributed by atoms with van der Waals surface area (Å²) >= 11 is 5.94. The number of para-hydroxylation sites is 1. The number of methoxy groups -OCH3 is 2. The molecule has 0 fully saturated rings. The number of sulfonamides is 1. The molecule has 3 amide bonds. The van der Waals surface area contributed by atoms with E-state index in [1.54, 1.807) is 29.0 Å². The van der Waals surface area contributed by atoms with Crippen molar-refractivity contribution in [3.63, 3.8) is 0 Å².